The Balaban J connectivity index is 2.55. The Hall–Kier alpha value is -0.370. The van der Waals surface area contributed by atoms with Crippen LogP contribution in [0, 0.1) is 5.92 Å². The molecule has 1 fully saturated rings. The molecule has 1 aliphatic carbocycles. The van der Waals surface area contributed by atoms with E-state index in [4.69, 9.17) is 4.74 Å². The van der Waals surface area contributed by atoms with Gasteiger partial charge in [-0.2, -0.15) is 0 Å². The van der Waals surface area contributed by atoms with Crippen LogP contribution in [-0.4, -0.2) is 18.5 Å². The number of ether oxygens (including phenoxy) is 1. The summed E-state index contributed by atoms with van der Waals surface area (Å²) in [6, 6.07) is 0. The lowest BCUT2D eigenvalue weighted by Gasteiger charge is -2.29. The summed E-state index contributed by atoms with van der Waals surface area (Å²) >= 11 is 0. The molecule has 0 aliphatic heterocycles. The fraction of sp³-hybridized carbons (Fsp3) is 0.909. The van der Waals surface area contributed by atoms with E-state index in [-0.39, 0.29) is 11.7 Å². The van der Waals surface area contributed by atoms with Crippen LogP contribution in [0.3, 0.4) is 0 Å². The van der Waals surface area contributed by atoms with Crippen LogP contribution in [0.4, 0.5) is 0 Å². The van der Waals surface area contributed by atoms with E-state index in [9.17, 15) is 4.79 Å². The van der Waals surface area contributed by atoms with E-state index in [0.29, 0.717) is 0 Å². The quantitative estimate of drug-likeness (QED) is 0.673. The van der Waals surface area contributed by atoms with Crippen molar-refractivity contribution < 1.29 is 9.53 Å². The third kappa shape index (κ3) is 2.53. The minimum absolute atomic E-state index is 0.253. The van der Waals surface area contributed by atoms with E-state index < -0.39 is 5.60 Å². The molecule has 2 nitrogen and oxygen atoms in total. The number of methoxy groups -OCH3 is 1. The molecule has 0 atom stereocenters. The molecular formula is C11H20O2. The third-order valence-electron chi connectivity index (χ3n) is 3.08. The molecule has 1 saturated carbocycles. The van der Waals surface area contributed by atoms with Gasteiger partial charge in [0.15, 0.2) is 5.78 Å². The van der Waals surface area contributed by atoms with Gasteiger partial charge in [0.1, 0.15) is 5.60 Å². The maximum atomic E-state index is 11.9. The van der Waals surface area contributed by atoms with Gasteiger partial charge in [-0.3, -0.25) is 4.79 Å². The first-order valence-corrected chi connectivity index (χ1v) is 5.17. The molecule has 0 amide bonds. The lowest BCUT2D eigenvalue weighted by atomic mass is 9.81. The van der Waals surface area contributed by atoms with Crippen LogP contribution in [0.1, 0.15) is 46.0 Å². The topological polar surface area (TPSA) is 26.3 Å². The van der Waals surface area contributed by atoms with E-state index in [1.54, 1.807) is 7.11 Å². The smallest absolute Gasteiger partial charge is 0.167 e. The van der Waals surface area contributed by atoms with Crippen LogP contribution >= 0.6 is 0 Å². The van der Waals surface area contributed by atoms with Crippen LogP contribution < -0.4 is 0 Å². The first-order valence-electron chi connectivity index (χ1n) is 5.17. The second-order valence-corrected chi connectivity index (χ2v) is 4.41. The minimum atomic E-state index is -0.581. The van der Waals surface area contributed by atoms with Gasteiger partial charge in [-0.15, -0.1) is 0 Å². The van der Waals surface area contributed by atoms with Gasteiger partial charge in [0.05, 0.1) is 0 Å². The molecular weight excluding hydrogens is 164 g/mol. The number of hydrogen-bond acceptors (Lipinski definition) is 2. The molecule has 1 aliphatic rings. The van der Waals surface area contributed by atoms with Gasteiger partial charge in [0, 0.05) is 13.0 Å². The second-order valence-electron chi connectivity index (χ2n) is 4.41. The number of carbonyl (C=O) groups is 1. The fourth-order valence-electron chi connectivity index (χ4n) is 1.96. The maximum absolute atomic E-state index is 11.9. The molecule has 0 spiro atoms. The van der Waals surface area contributed by atoms with E-state index in [1.165, 1.54) is 19.3 Å². The van der Waals surface area contributed by atoms with Crippen molar-refractivity contribution in [2.24, 2.45) is 5.92 Å². The third-order valence-corrected chi connectivity index (χ3v) is 3.08. The van der Waals surface area contributed by atoms with E-state index >= 15 is 0 Å². The molecule has 0 aromatic rings. The molecule has 0 bridgehead atoms. The van der Waals surface area contributed by atoms with Gasteiger partial charge < -0.3 is 4.74 Å². The van der Waals surface area contributed by atoms with Crippen molar-refractivity contribution in [3.05, 3.63) is 0 Å². The standard InChI is InChI=1S/C11H20O2/c1-11(2,13-3)10(12)9-7-5-4-6-8-9/h9H,4-8H2,1-3H3. The van der Waals surface area contributed by atoms with Gasteiger partial charge in [-0.1, -0.05) is 19.3 Å². The zero-order valence-electron chi connectivity index (χ0n) is 8.93. The number of rotatable bonds is 3. The van der Waals surface area contributed by atoms with Gasteiger partial charge in [-0.25, -0.2) is 0 Å². The van der Waals surface area contributed by atoms with Crippen molar-refractivity contribution in [2.75, 3.05) is 7.11 Å². The van der Waals surface area contributed by atoms with Crippen LogP contribution in [0.5, 0.6) is 0 Å². The summed E-state index contributed by atoms with van der Waals surface area (Å²) in [5, 5.41) is 0. The molecule has 13 heavy (non-hydrogen) atoms. The van der Waals surface area contributed by atoms with Crippen LogP contribution in [0.15, 0.2) is 0 Å². The number of hydrogen-bond donors (Lipinski definition) is 0. The lowest BCUT2D eigenvalue weighted by Crippen LogP contribution is -2.39. The predicted molar refractivity (Wildman–Crippen MR) is 52.7 cm³/mol. The molecule has 0 unspecified atom stereocenters. The fourth-order valence-corrected chi connectivity index (χ4v) is 1.96. The van der Waals surface area contributed by atoms with Crippen molar-refractivity contribution in [3.8, 4) is 0 Å². The molecule has 0 N–H and O–H groups in total. The number of carbonyl (C=O) groups excluding carboxylic acids is 1. The predicted octanol–water partition coefficient (Wildman–Crippen LogP) is 2.56. The van der Waals surface area contributed by atoms with Crippen LogP contribution in [0.2, 0.25) is 0 Å². The average Bonchev–Trinajstić information content (AvgIpc) is 2.18. The summed E-state index contributed by atoms with van der Waals surface area (Å²) in [5.41, 5.74) is -0.581. The monoisotopic (exact) mass is 184 g/mol. The normalized spacial score (nSPS) is 20.2. The highest BCUT2D eigenvalue weighted by atomic mass is 16.5. The molecule has 0 aromatic heterocycles. The highest BCUT2D eigenvalue weighted by molar-refractivity contribution is 5.88. The van der Waals surface area contributed by atoms with Crippen molar-refractivity contribution in [3.63, 3.8) is 0 Å². The minimum Gasteiger partial charge on any atom is -0.371 e. The Morgan fingerprint density at radius 2 is 1.77 bits per heavy atom. The molecule has 0 radical (unpaired) electrons. The summed E-state index contributed by atoms with van der Waals surface area (Å²) in [7, 11) is 1.61. The second kappa shape index (κ2) is 4.23. The van der Waals surface area contributed by atoms with E-state index in [1.807, 2.05) is 13.8 Å². The van der Waals surface area contributed by atoms with Crippen molar-refractivity contribution >= 4 is 5.78 Å². The Bertz CT molecular complexity index is 179. The summed E-state index contributed by atoms with van der Waals surface area (Å²) in [4.78, 5) is 11.9. The zero-order valence-corrected chi connectivity index (χ0v) is 8.93. The first kappa shape index (κ1) is 10.7. The van der Waals surface area contributed by atoms with E-state index in [2.05, 4.69) is 0 Å². The van der Waals surface area contributed by atoms with Crippen LogP contribution in [0.25, 0.3) is 0 Å². The highest BCUT2D eigenvalue weighted by Crippen LogP contribution is 2.28. The number of ketones is 1. The first-order chi connectivity index (χ1) is 6.08. The Labute approximate surface area is 80.7 Å². The maximum Gasteiger partial charge on any atom is 0.167 e. The van der Waals surface area contributed by atoms with Gasteiger partial charge >= 0.3 is 0 Å². The van der Waals surface area contributed by atoms with Gasteiger partial charge in [0.2, 0.25) is 0 Å². The van der Waals surface area contributed by atoms with Gasteiger partial charge in [-0.05, 0) is 26.7 Å². The van der Waals surface area contributed by atoms with Crippen molar-refractivity contribution in [1.29, 1.82) is 0 Å². The van der Waals surface area contributed by atoms with E-state index in [0.717, 1.165) is 12.8 Å². The summed E-state index contributed by atoms with van der Waals surface area (Å²) in [6.45, 7) is 3.73. The van der Waals surface area contributed by atoms with Crippen molar-refractivity contribution in [1.82, 2.24) is 0 Å². The summed E-state index contributed by atoms with van der Waals surface area (Å²) in [6.07, 6.45) is 5.82. The summed E-state index contributed by atoms with van der Waals surface area (Å²) in [5.74, 6) is 0.540. The zero-order chi connectivity index (χ0) is 9.90. The van der Waals surface area contributed by atoms with Gasteiger partial charge in [0.25, 0.3) is 0 Å². The highest BCUT2D eigenvalue weighted by Gasteiger charge is 2.33. The molecule has 2 heteroatoms. The largest absolute Gasteiger partial charge is 0.371 e. The Kier molecular flexibility index (Phi) is 3.48. The SMILES string of the molecule is COC(C)(C)C(=O)C1CCCCC1. The van der Waals surface area contributed by atoms with Crippen molar-refractivity contribution in [2.45, 2.75) is 51.6 Å². The van der Waals surface area contributed by atoms with Crippen LogP contribution in [-0.2, 0) is 9.53 Å². The molecule has 76 valence electrons. The molecule has 0 heterocycles. The Morgan fingerprint density at radius 1 is 1.23 bits per heavy atom. The number of Topliss-reactive ketones (excluding diaryl/α,β-unsaturated/α-hetero) is 1. The molecule has 1 rings (SSSR count). The average molecular weight is 184 g/mol. The lowest BCUT2D eigenvalue weighted by molar-refractivity contribution is -0.142. The Morgan fingerprint density at radius 3 is 2.23 bits per heavy atom. The summed E-state index contributed by atoms with van der Waals surface area (Å²) < 4.78 is 5.20. The molecule has 0 aromatic carbocycles. The molecule has 0 saturated heterocycles.